The SMILES string of the molecule is C[C@H](c1cccc([N+](=O)[O-])c1)N(C)C(=O)CCc1cccnc1. The Bertz CT molecular complexity index is 688. The van der Waals surface area contributed by atoms with E-state index in [2.05, 4.69) is 4.98 Å². The molecule has 0 saturated heterocycles. The predicted molar refractivity (Wildman–Crippen MR) is 86.8 cm³/mol. The molecule has 0 bridgehead atoms. The summed E-state index contributed by atoms with van der Waals surface area (Å²) in [5.41, 5.74) is 1.79. The fourth-order valence-corrected chi connectivity index (χ4v) is 2.31. The maximum absolute atomic E-state index is 12.3. The molecule has 2 rings (SSSR count). The van der Waals surface area contributed by atoms with Gasteiger partial charge in [0.25, 0.3) is 5.69 Å². The number of nitro benzene ring substituents is 1. The zero-order chi connectivity index (χ0) is 16.8. The van der Waals surface area contributed by atoms with Gasteiger partial charge in [0.2, 0.25) is 5.91 Å². The molecule has 23 heavy (non-hydrogen) atoms. The summed E-state index contributed by atoms with van der Waals surface area (Å²) in [5.74, 6) is -0.00661. The first-order valence-electron chi connectivity index (χ1n) is 7.38. The molecule has 6 nitrogen and oxygen atoms in total. The van der Waals surface area contributed by atoms with Crippen molar-refractivity contribution in [3.8, 4) is 0 Å². The summed E-state index contributed by atoms with van der Waals surface area (Å²) in [6.07, 6.45) is 4.44. The first kappa shape index (κ1) is 16.6. The van der Waals surface area contributed by atoms with Crippen molar-refractivity contribution >= 4 is 11.6 Å². The molecule has 0 radical (unpaired) electrons. The highest BCUT2D eigenvalue weighted by molar-refractivity contribution is 5.76. The minimum atomic E-state index is -0.430. The molecule has 0 N–H and O–H groups in total. The fourth-order valence-electron chi connectivity index (χ4n) is 2.31. The molecule has 0 saturated carbocycles. The topological polar surface area (TPSA) is 76.3 Å². The van der Waals surface area contributed by atoms with Crippen LogP contribution in [0.4, 0.5) is 5.69 Å². The number of nitrogens with zero attached hydrogens (tertiary/aromatic N) is 3. The van der Waals surface area contributed by atoms with Crippen LogP contribution in [0.2, 0.25) is 0 Å². The summed E-state index contributed by atoms with van der Waals surface area (Å²) in [6, 6.07) is 9.94. The minimum Gasteiger partial charge on any atom is -0.339 e. The smallest absolute Gasteiger partial charge is 0.269 e. The summed E-state index contributed by atoms with van der Waals surface area (Å²) in [5, 5.41) is 10.9. The van der Waals surface area contributed by atoms with Crippen molar-refractivity contribution in [1.82, 2.24) is 9.88 Å². The van der Waals surface area contributed by atoms with Gasteiger partial charge in [-0.2, -0.15) is 0 Å². The lowest BCUT2D eigenvalue weighted by atomic mass is 10.1. The van der Waals surface area contributed by atoms with Gasteiger partial charge in [-0.3, -0.25) is 19.9 Å². The second-order valence-corrected chi connectivity index (χ2v) is 5.39. The Hall–Kier alpha value is -2.76. The molecule has 0 aliphatic heterocycles. The normalized spacial score (nSPS) is 11.7. The van der Waals surface area contributed by atoms with Gasteiger partial charge in [0.05, 0.1) is 11.0 Å². The van der Waals surface area contributed by atoms with Crippen LogP contribution in [-0.2, 0) is 11.2 Å². The lowest BCUT2D eigenvalue weighted by Gasteiger charge is -2.25. The van der Waals surface area contributed by atoms with Crippen molar-refractivity contribution in [1.29, 1.82) is 0 Å². The second-order valence-electron chi connectivity index (χ2n) is 5.39. The number of aromatic nitrogens is 1. The quantitative estimate of drug-likeness (QED) is 0.606. The molecule has 1 amide bonds. The van der Waals surface area contributed by atoms with Crippen molar-refractivity contribution in [3.05, 3.63) is 70.0 Å². The van der Waals surface area contributed by atoms with E-state index in [0.29, 0.717) is 12.8 Å². The van der Waals surface area contributed by atoms with Gasteiger partial charge in [-0.15, -0.1) is 0 Å². The van der Waals surface area contributed by atoms with E-state index in [1.165, 1.54) is 12.1 Å². The third kappa shape index (κ3) is 4.35. The Balaban J connectivity index is 2.01. The minimum absolute atomic E-state index is 0.00661. The van der Waals surface area contributed by atoms with E-state index in [0.717, 1.165) is 11.1 Å². The van der Waals surface area contributed by atoms with Crippen LogP contribution < -0.4 is 0 Å². The molecule has 0 aliphatic rings. The van der Waals surface area contributed by atoms with Crippen LogP contribution in [0.5, 0.6) is 0 Å². The number of hydrogen-bond donors (Lipinski definition) is 0. The molecule has 6 heteroatoms. The van der Waals surface area contributed by atoms with E-state index in [1.807, 2.05) is 19.1 Å². The van der Waals surface area contributed by atoms with Crippen LogP contribution in [0.25, 0.3) is 0 Å². The summed E-state index contributed by atoms with van der Waals surface area (Å²) < 4.78 is 0. The van der Waals surface area contributed by atoms with Crippen LogP contribution in [0, 0.1) is 10.1 Å². The van der Waals surface area contributed by atoms with Gasteiger partial charge in [-0.05, 0) is 30.5 Å². The van der Waals surface area contributed by atoms with Gasteiger partial charge in [0.1, 0.15) is 0 Å². The van der Waals surface area contributed by atoms with E-state index in [1.54, 1.807) is 36.5 Å². The molecule has 120 valence electrons. The molecule has 0 aliphatic carbocycles. The van der Waals surface area contributed by atoms with Gasteiger partial charge in [-0.25, -0.2) is 0 Å². The Morgan fingerprint density at radius 2 is 2.13 bits per heavy atom. The Morgan fingerprint density at radius 1 is 1.35 bits per heavy atom. The average Bonchev–Trinajstić information content (AvgIpc) is 2.59. The highest BCUT2D eigenvalue weighted by Gasteiger charge is 2.19. The molecule has 1 heterocycles. The first-order valence-corrected chi connectivity index (χ1v) is 7.38. The summed E-state index contributed by atoms with van der Waals surface area (Å²) in [7, 11) is 1.72. The molecule has 1 atom stereocenters. The van der Waals surface area contributed by atoms with E-state index in [4.69, 9.17) is 0 Å². The molecule has 1 aromatic heterocycles. The van der Waals surface area contributed by atoms with Crippen LogP contribution in [-0.4, -0.2) is 27.8 Å². The van der Waals surface area contributed by atoms with Gasteiger partial charge < -0.3 is 4.90 Å². The highest BCUT2D eigenvalue weighted by atomic mass is 16.6. The number of pyridine rings is 1. The van der Waals surface area contributed by atoms with Crippen molar-refractivity contribution in [2.24, 2.45) is 0 Å². The Kier molecular flexibility index (Phi) is 5.41. The van der Waals surface area contributed by atoms with Crippen LogP contribution in [0.15, 0.2) is 48.8 Å². The number of carbonyl (C=O) groups is 1. The third-order valence-corrected chi connectivity index (χ3v) is 3.89. The molecular formula is C17H19N3O3. The summed E-state index contributed by atoms with van der Waals surface area (Å²) >= 11 is 0. The highest BCUT2D eigenvalue weighted by Crippen LogP contribution is 2.23. The number of aryl methyl sites for hydroxylation is 1. The van der Waals surface area contributed by atoms with Gasteiger partial charge in [-0.1, -0.05) is 18.2 Å². The van der Waals surface area contributed by atoms with E-state index in [-0.39, 0.29) is 17.6 Å². The molecule has 0 unspecified atom stereocenters. The van der Waals surface area contributed by atoms with Gasteiger partial charge in [0.15, 0.2) is 0 Å². The Labute approximate surface area is 134 Å². The van der Waals surface area contributed by atoms with Crippen LogP contribution in [0.3, 0.4) is 0 Å². The van der Waals surface area contributed by atoms with Crippen molar-refractivity contribution in [3.63, 3.8) is 0 Å². The van der Waals surface area contributed by atoms with Crippen LogP contribution >= 0.6 is 0 Å². The Morgan fingerprint density at radius 3 is 2.78 bits per heavy atom. The molecule has 0 spiro atoms. The van der Waals surface area contributed by atoms with E-state index in [9.17, 15) is 14.9 Å². The number of rotatable bonds is 6. The monoisotopic (exact) mass is 313 g/mol. The van der Waals surface area contributed by atoms with E-state index >= 15 is 0 Å². The first-order chi connectivity index (χ1) is 11.0. The number of hydrogen-bond acceptors (Lipinski definition) is 4. The molecule has 0 fully saturated rings. The maximum atomic E-state index is 12.3. The number of carbonyl (C=O) groups excluding carboxylic acids is 1. The number of benzene rings is 1. The second kappa shape index (κ2) is 7.49. The van der Waals surface area contributed by atoms with Gasteiger partial charge in [0, 0.05) is 38.0 Å². The molecule has 2 aromatic rings. The van der Waals surface area contributed by atoms with Crippen LogP contribution in [0.1, 0.15) is 30.5 Å². The zero-order valence-electron chi connectivity index (χ0n) is 13.2. The third-order valence-electron chi connectivity index (χ3n) is 3.89. The average molecular weight is 313 g/mol. The molecule has 1 aromatic carbocycles. The van der Waals surface area contributed by atoms with E-state index < -0.39 is 4.92 Å². The molecular weight excluding hydrogens is 294 g/mol. The fraction of sp³-hybridized carbons (Fsp3) is 0.294. The van der Waals surface area contributed by atoms with Crippen molar-refractivity contribution < 1.29 is 9.72 Å². The summed E-state index contributed by atoms with van der Waals surface area (Å²) in [4.78, 5) is 28.4. The largest absolute Gasteiger partial charge is 0.339 e. The summed E-state index contributed by atoms with van der Waals surface area (Å²) in [6.45, 7) is 1.86. The lowest BCUT2D eigenvalue weighted by Crippen LogP contribution is -2.29. The predicted octanol–water partition coefficient (Wildman–Crippen LogP) is 3.14. The number of amides is 1. The number of non-ortho nitro benzene ring substituents is 1. The zero-order valence-corrected chi connectivity index (χ0v) is 13.2. The van der Waals surface area contributed by atoms with Crippen molar-refractivity contribution in [2.75, 3.05) is 7.05 Å². The number of nitro groups is 1. The van der Waals surface area contributed by atoms with Crippen molar-refractivity contribution in [2.45, 2.75) is 25.8 Å². The standard InChI is InChI=1S/C17H19N3O3/c1-13(15-6-3-7-16(11-15)20(22)23)19(2)17(21)9-8-14-5-4-10-18-12-14/h3-7,10-13H,8-9H2,1-2H3/t13-/m1/s1. The van der Waals surface area contributed by atoms with Gasteiger partial charge >= 0.3 is 0 Å². The lowest BCUT2D eigenvalue weighted by molar-refractivity contribution is -0.384. The maximum Gasteiger partial charge on any atom is 0.269 e.